The highest BCUT2D eigenvalue weighted by Gasteiger charge is 2.14. The number of amides is 1. The quantitative estimate of drug-likeness (QED) is 0.888. The number of hydrogen-bond donors (Lipinski definition) is 2. The molecule has 0 saturated heterocycles. The zero-order chi connectivity index (χ0) is 14.5. The summed E-state index contributed by atoms with van der Waals surface area (Å²) < 4.78 is 4.98. The van der Waals surface area contributed by atoms with Crippen LogP contribution in [0, 0.1) is 0 Å². The van der Waals surface area contributed by atoms with Crippen LogP contribution in [0.15, 0.2) is 35.7 Å². The van der Waals surface area contributed by atoms with Gasteiger partial charge in [0.2, 0.25) is 5.91 Å². The van der Waals surface area contributed by atoms with Crippen LogP contribution in [0.2, 0.25) is 0 Å². The third kappa shape index (κ3) is 3.36. The van der Waals surface area contributed by atoms with Gasteiger partial charge in [-0.25, -0.2) is 4.79 Å². The average Bonchev–Trinajstić information content (AvgIpc) is 2.91. The summed E-state index contributed by atoms with van der Waals surface area (Å²) in [6.07, 6.45) is 0.225. The van der Waals surface area contributed by atoms with Crippen molar-refractivity contribution in [2.75, 3.05) is 12.4 Å². The smallest absolute Gasteiger partial charge is 0.337 e. The van der Waals surface area contributed by atoms with Crippen LogP contribution in [-0.2, 0) is 11.2 Å². The van der Waals surface area contributed by atoms with Gasteiger partial charge in [0.05, 0.1) is 24.8 Å². The van der Waals surface area contributed by atoms with Crippen molar-refractivity contribution in [1.82, 2.24) is 0 Å². The Morgan fingerprint density at radius 1 is 1.35 bits per heavy atom. The standard InChI is InChI=1S/C14H13NO4S/c1-19-9-4-5-12(11(7-9)14(17)18)15-13(16)8-10-3-2-6-20-10/h2-7H,8H2,1H3,(H,15,16)(H,17,18). The molecule has 0 bridgehead atoms. The van der Waals surface area contributed by atoms with E-state index in [4.69, 9.17) is 9.84 Å². The van der Waals surface area contributed by atoms with Crippen LogP contribution < -0.4 is 10.1 Å². The molecule has 104 valence electrons. The third-order valence-electron chi connectivity index (χ3n) is 2.65. The molecule has 0 aliphatic rings. The molecular weight excluding hydrogens is 278 g/mol. The van der Waals surface area contributed by atoms with E-state index in [1.54, 1.807) is 6.07 Å². The van der Waals surface area contributed by atoms with Gasteiger partial charge < -0.3 is 15.2 Å². The molecule has 6 heteroatoms. The van der Waals surface area contributed by atoms with Crippen molar-refractivity contribution in [3.05, 3.63) is 46.2 Å². The number of benzene rings is 1. The van der Waals surface area contributed by atoms with Crippen molar-refractivity contribution in [2.45, 2.75) is 6.42 Å². The molecule has 2 N–H and O–H groups in total. The first-order chi connectivity index (χ1) is 9.60. The number of thiophene rings is 1. The summed E-state index contributed by atoms with van der Waals surface area (Å²) in [6, 6.07) is 8.23. The van der Waals surface area contributed by atoms with E-state index in [-0.39, 0.29) is 23.6 Å². The minimum Gasteiger partial charge on any atom is -0.497 e. The molecule has 2 rings (SSSR count). The minimum absolute atomic E-state index is 0.00359. The van der Waals surface area contributed by atoms with Crippen molar-refractivity contribution in [3.63, 3.8) is 0 Å². The summed E-state index contributed by atoms with van der Waals surface area (Å²) in [5.74, 6) is -0.936. The summed E-state index contributed by atoms with van der Waals surface area (Å²) in [5.41, 5.74) is 0.267. The number of carbonyl (C=O) groups is 2. The fraction of sp³-hybridized carbons (Fsp3) is 0.143. The van der Waals surface area contributed by atoms with Crippen LogP contribution in [0.4, 0.5) is 5.69 Å². The molecule has 0 saturated carbocycles. The summed E-state index contributed by atoms with van der Waals surface area (Å²) in [5, 5.41) is 13.7. The summed E-state index contributed by atoms with van der Waals surface area (Å²) >= 11 is 1.48. The first-order valence-electron chi connectivity index (χ1n) is 5.83. The Morgan fingerprint density at radius 3 is 2.75 bits per heavy atom. The first-order valence-corrected chi connectivity index (χ1v) is 6.71. The van der Waals surface area contributed by atoms with Gasteiger partial charge in [-0.15, -0.1) is 11.3 Å². The van der Waals surface area contributed by atoms with Crippen LogP contribution in [0.3, 0.4) is 0 Å². The van der Waals surface area contributed by atoms with Crippen LogP contribution in [0.25, 0.3) is 0 Å². The first kappa shape index (κ1) is 14.1. The maximum atomic E-state index is 11.9. The van der Waals surface area contributed by atoms with Crippen molar-refractivity contribution in [2.24, 2.45) is 0 Å². The molecule has 1 aromatic carbocycles. The number of aromatic carboxylic acids is 1. The zero-order valence-corrected chi connectivity index (χ0v) is 11.6. The van der Waals surface area contributed by atoms with Crippen molar-refractivity contribution < 1.29 is 19.4 Å². The summed E-state index contributed by atoms with van der Waals surface area (Å²) in [7, 11) is 1.45. The van der Waals surface area contributed by atoms with Crippen LogP contribution in [0.5, 0.6) is 5.75 Å². The second kappa shape index (κ2) is 6.21. The average molecular weight is 291 g/mol. The molecule has 1 amide bonds. The predicted molar refractivity (Wildman–Crippen MR) is 76.6 cm³/mol. The Labute approximate surface area is 119 Å². The molecular formula is C14H13NO4S. The number of anilines is 1. The Kier molecular flexibility index (Phi) is 4.37. The van der Waals surface area contributed by atoms with Crippen molar-refractivity contribution in [1.29, 1.82) is 0 Å². The Bertz CT molecular complexity index is 622. The number of rotatable bonds is 5. The normalized spacial score (nSPS) is 10.1. The monoisotopic (exact) mass is 291 g/mol. The summed E-state index contributed by atoms with van der Waals surface area (Å²) in [6.45, 7) is 0. The third-order valence-corrected chi connectivity index (χ3v) is 3.52. The number of ether oxygens (including phenoxy) is 1. The van der Waals surface area contributed by atoms with Gasteiger partial charge in [0.25, 0.3) is 0 Å². The second-order valence-corrected chi connectivity index (χ2v) is 5.05. The molecule has 0 fully saturated rings. The van der Waals surface area contributed by atoms with E-state index in [1.807, 2.05) is 17.5 Å². The van der Waals surface area contributed by atoms with Crippen LogP contribution in [0.1, 0.15) is 15.2 Å². The molecule has 2 aromatic rings. The Balaban J connectivity index is 2.16. The minimum atomic E-state index is -1.12. The van der Waals surface area contributed by atoms with E-state index in [1.165, 1.54) is 30.6 Å². The number of hydrogen-bond acceptors (Lipinski definition) is 4. The van der Waals surface area contributed by atoms with E-state index >= 15 is 0 Å². The molecule has 0 spiro atoms. The molecule has 5 nitrogen and oxygen atoms in total. The van der Waals surface area contributed by atoms with E-state index in [0.29, 0.717) is 5.75 Å². The van der Waals surface area contributed by atoms with Gasteiger partial charge in [-0.05, 0) is 29.6 Å². The molecule has 20 heavy (non-hydrogen) atoms. The Hall–Kier alpha value is -2.34. The second-order valence-electron chi connectivity index (χ2n) is 4.02. The lowest BCUT2D eigenvalue weighted by Gasteiger charge is -2.09. The van der Waals surface area contributed by atoms with Gasteiger partial charge in [0, 0.05) is 4.88 Å². The summed E-state index contributed by atoms with van der Waals surface area (Å²) in [4.78, 5) is 24.0. The molecule has 0 atom stereocenters. The van der Waals surface area contributed by atoms with Crippen molar-refractivity contribution in [3.8, 4) is 5.75 Å². The lowest BCUT2D eigenvalue weighted by Crippen LogP contribution is -2.16. The van der Waals surface area contributed by atoms with Crippen molar-refractivity contribution >= 4 is 28.9 Å². The number of methoxy groups -OCH3 is 1. The van der Waals surface area contributed by atoms with Gasteiger partial charge in [-0.2, -0.15) is 0 Å². The maximum absolute atomic E-state index is 11.9. The van der Waals surface area contributed by atoms with Crippen LogP contribution >= 0.6 is 11.3 Å². The lowest BCUT2D eigenvalue weighted by molar-refractivity contribution is -0.115. The van der Waals surface area contributed by atoms with Crippen LogP contribution in [-0.4, -0.2) is 24.1 Å². The molecule has 1 aromatic heterocycles. The van der Waals surface area contributed by atoms with Gasteiger partial charge in [0.1, 0.15) is 5.75 Å². The lowest BCUT2D eigenvalue weighted by atomic mass is 10.1. The topological polar surface area (TPSA) is 75.6 Å². The fourth-order valence-corrected chi connectivity index (χ4v) is 2.41. The number of carboxylic acid groups (broad SMARTS) is 1. The van der Waals surface area contributed by atoms with E-state index in [2.05, 4.69) is 5.32 Å². The van der Waals surface area contributed by atoms with E-state index < -0.39 is 5.97 Å². The van der Waals surface area contributed by atoms with Gasteiger partial charge in [-0.1, -0.05) is 6.07 Å². The van der Waals surface area contributed by atoms with Gasteiger partial charge >= 0.3 is 5.97 Å². The zero-order valence-electron chi connectivity index (χ0n) is 10.8. The number of nitrogens with one attached hydrogen (secondary N) is 1. The largest absolute Gasteiger partial charge is 0.497 e. The predicted octanol–water partition coefficient (Wildman–Crippen LogP) is 2.64. The Morgan fingerprint density at radius 2 is 2.15 bits per heavy atom. The molecule has 0 radical (unpaired) electrons. The fourth-order valence-electron chi connectivity index (χ4n) is 1.70. The molecule has 0 aliphatic heterocycles. The molecule has 1 heterocycles. The van der Waals surface area contributed by atoms with Gasteiger partial charge in [-0.3, -0.25) is 4.79 Å². The highest BCUT2D eigenvalue weighted by molar-refractivity contribution is 7.10. The molecule has 0 unspecified atom stereocenters. The van der Waals surface area contributed by atoms with E-state index in [0.717, 1.165) is 4.88 Å². The maximum Gasteiger partial charge on any atom is 0.337 e. The van der Waals surface area contributed by atoms with E-state index in [9.17, 15) is 9.59 Å². The SMILES string of the molecule is COc1ccc(NC(=O)Cc2cccs2)c(C(=O)O)c1. The van der Waals surface area contributed by atoms with Gasteiger partial charge in [0.15, 0.2) is 0 Å². The molecule has 0 aliphatic carbocycles. The highest BCUT2D eigenvalue weighted by atomic mass is 32.1. The number of carboxylic acids is 1. The highest BCUT2D eigenvalue weighted by Crippen LogP contribution is 2.22. The number of carbonyl (C=O) groups excluding carboxylic acids is 1.